The quantitative estimate of drug-likeness (QED) is 0.731. The number of carbonyl (C=O) groups excluding carboxylic acids is 1. The summed E-state index contributed by atoms with van der Waals surface area (Å²) in [5, 5.41) is 0. The van der Waals surface area contributed by atoms with E-state index in [2.05, 4.69) is 4.72 Å². The maximum atomic E-state index is 11.9. The van der Waals surface area contributed by atoms with Crippen LogP contribution in [0.15, 0.2) is 0 Å². The van der Waals surface area contributed by atoms with Gasteiger partial charge < -0.3 is 9.64 Å². The largest absolute Gasteiger partial charge is 0.381 e. The van der Waals surface area contributed by atoms with Crippen molar-refractivity contribution in [3.8, 4) is 0 Å². The van der Waals surface area contributed by atoms with Crippen LogP contribution >= 0.6 is 0 Å². The zero-order valence-electron chi connectivity index (χ0n) is 11.0. The van der Waals surface area contributed by atoms with E-state index < -0.39 is 15.8 Å². The summed E-state index contributed by atoms with van der Waals surface area (Å²) in [5.74, 6) is -0.476. The summed E-state index contributed by atoms with van der Waals surface area (Å²) in [7, 11) is -2.16. The monoisotopic (exact) mass is 278 g/mol. The van der Waals surface area contributed by atoms with Crippen molar-refractivity contribution in [2.75, 3.05) is 39.1 Å². The van der Waals surface area contributed by atoms with E-state index in [1.807, 2.05) is 6.92 Å². The second-order valence-corrected chi connectivity index (χ2v) is 6.40. The van der Waals surface area contributed by atoms with Crippen LogP contribution < -0.4 is 4.72 Å². The number of carbonyl (C=O) groups is 1. The molecule has 7 heteroatoms. The van der Waals surface area contributed by atoms with Gasteiger partial charge in [0.05, 0.1) is 6.61 Å². The smallest absolute Gasteiger partial charge is 0.239 e. The van der Waals surface area contributed by atoms with Crippen LogP contribution in [-0.2, 0) is 19.6 Å². The molecule has 1 amide bonds. The summed E-state index contributed by atoms with van der Waals surface area (Å²) in [6, 6.07) is 0. The predicted molar refractivity (Wildman–Crippen MR) is 68.6 cm³/mol. The molecule has 1 unspecified atom stereocenters. The molecular formula is C11H22N2O4S. The summed E-state index contributed by atoms with van der Waals surface area (Å²) in [6.07, 6.45) is 1.94. The lowest BCUT2D eigenvalue weighted by Gasteiger charge is -2.32. The van der Waals surface area contributed by atoms with Crippen molar-refractivity contribution in [3.05, 3.63) is 0 Å². The van der Waals surface area contributed by atoms with Crippen LogP contribution in [-0.4, -0.2) is 58.3 Å². The molecule has 18 heavy (non-hydrogen) atoms. The number of nitrogens with zero attached hydrogens (tertiary/aromatic N) is 1. The Hall–Kier alpha value is -0.660. The van der Waals surface area contributed by atoms with E-state index in [4.69, 9.17) is 4.74 Å². The molecule has 1 aliphatic rings. The molecule has 0 bridgehead atoms. The Morgan fingerprint density at radius 2 is 2.22 bits per heavy atom. The molecule has 0 spiro atoms. The van der Waals surface area contributed by atoms with E-state index in [9.17, 15) is 13.2 Å². The van der Waals surface area contributed by atoms with Crippen molar-refractivity contribution < 1.29 is 17.9 Å². The first-order valence-electron chi connectivity index (χ1n) is 6.25. The first-order chi connectivity index (χ1) is 8.48. The minimum absolute atomic E-state index is 0.319. The molecule has 1 heterocycles. The van der Waals surface area contributed by atoms with Gasteiger partial charge in [0, 0.05) is 19.7 Å². The molecule has 0 aliphatic carbocycles. The fourth-order valence-electron chi connectivity index (χ4n) is 2.04. The predicted octanol–water partition coefficient (Wildman–Crippen LogP) is -0.189. The number of hydrogen-bond donors (Lipinski definition) is 1. The molecule has 1 rings (SSSR count). The summed E-state index contributed by atoms with van der Waals surface area (Å²) in [6.45, 7) is 4.47. The second kappa shape index (κ2) is 7.06. The molecule has 0 aromatic carbocycles. The Balaban J connectivity index is 2.48. The summed E-state index contributed by atoms with van der Waals surface area (Å²) in [4.78, 5) is 13.5. The van der Waals surface area contributed by atoms with Gasteiger partial charge in [-0.3, -0.25) is 4.79 Å². The van der Waals surface area contributed by atoms with Crippen LogP contribution in [0, 0.1) is 5.92 Å². The summed E-state index contributed by atoms with van der Waals surface area (Å²) < 4.78 is 30.2. The Labute approximate surface area is 109 Å². The van der Waals surface area contributed by atoms with Gasteiger partial charge in [0.25, 0.3) is 0 Å². The van der Waals surface area contributed by atoms with Crippen molar-refractivity contribution in [2.45, 2.75) is 19.8 Å². The highest BCUT2D eigenvalue weighted by molar-refractivity contribution is 7.90. The normalized spacial score (nSPS) is 21.0. The first kappa shape index (κ1) is 15.4. The standard InChI is InChI=1S/C11H22N2O4S/c1-3-17-8-10-5-4-6-13(7-10)11(14)9-18(15,16)12-2/h10,12H,3-9H2,1-2H3. The lowest BCUT2D eigenvalue weighted by atomic mass is 9.99. The van der Waals surface area contributed by atoms with Gasteiger partial charge in [-0.1, -0.05) is 0 Å². The van der Waals surface area contributed by atoms with E-state index in [0.29, 0.717) is 32.2 Å². The highest BCUT2D eigenvalue weighted by Gasteiger charge is 2.26. The van der Waals surface area contributed by atoms with Gasteiger partial charge in [-0.05, 0) is 32.7 Å². The number of amides is 1. The number of hydrogen-bond acceptors (Lipinski definition) is 4. The van der Waals surface area contributed by atoms with Gasteiger partial charge >= 0.3 is 0 Å². The molecule has 1 fully saturated rings. The van der Waals surface area contributed by atoms with Crippen molar-refractivity contribution in [1.82, 2.24) is 9.62 Å². The number of piperidine rings is 1. The zero-order valence-corrected chi connectivity index (χ0v) is 11.8. The van der Waals surface area contributed by atoms with Crippen LogP contribution in [0.4, 0.5) is 0 Å². The third-order valence-electron chi connectivity index (χ3n) is 3.05. The first-order valence-corrected chi connectivity index (χ1v) is 7.90. The van der Waals surface area contributed by atoms with E-state index in [0.717, 1.165) is 12.8 Å². The third kappa shape index (κ3) is 4.91. The second-order valence-electron chi connectivity index (χ2n) is 4.47. The fraction of sp³-hybridized carbons (Fsp3) is 0.909. The molecular weight excluding hydrogens is 256 g/mol. The van der Waals surface area contributed by atoms with Crippen LogP contribution in [0.5, 0.6) is 0 Å². The Morgan fingerprint density at radius 1 is 1.50 bits per heavy atom. The molecule has 0 saturated carbocycles. The Kier molecular flexibility index (Phi) is 6.04. The lowest BCUT2D eigenvalue weighted by molar-refractivity contribution is -0.130. The molecule has 0 radical (unpaired) electrons. The van der Waals surface area contributed by atoms with Crippen molar-refractivity contribution in [2.24, 2.45) is 5.92 Å². The topological polar surface area (TPSA) is 75.7 Å². The van der Waals surface area contributed by atoms with Gasteiger partial charge in [0.15, 0.2) is 0 Å². The maximum absolute atomic E-state index is 11.9. The minimum atomic E-state index is -3.47. The fourth-order valence-corrected chi connectivity index (χ4v) is 2.69. The minimum Gasteiger partial charge on any atom is -0.381 e. The van der Waals surface area contributed by atoms with E-state index in [-0.39, 0.29) is 5.91 Å². The van der Waals surface area contributed by atoms with Gasteiger partial charge in [-0.15, -0.1) is 0 Å². The highest BCUT2D eigenvalue weighted by Crippen LogP contribution is 2.17. The Bertz CT molecular complexity index is 369. The van der Waals surface area contributed by atoms with Gasteiger partial charge in [-0.25, -0.2) is 13.1 Å². The van der Waals surface area contributed by atoms with Crippen LogP contribution in [0.25, 0.3) is 0 Å². The zero-order chi connectivity index (χ0) is 13.6. The number of likely N-dealkylation sites (tertiary alicyclic amines) is 1. The average Bonchev–Trinajstić information content (AvgIpc) is 2.36. The van der Waals surface area contributed by atoms with Crippen LogP contribution in [0.1, 0.15) is 19.8 Å². The van der Waals surface area contributed by atoms with Gasteiger partial charge in [-0.2, -0.15) is 0 Å². The lowest BCUT2D eigenvalue weighted by Crippen LogP contribution is -2.44. The van der Waals surface area contributed by atoms with E-state index in [1.165, 1.54) is 7.05 Å². The SMILES string of the molecule is CCOCC1CCCN(C(=O)CS(=O)(=O)NC)C1. The average molecular weight is 278 g/mol. The number of ether oxygens (including phenoxy) is 1. The van der Waals surface area contributed by atoms with Crippen molar-refractivity contribution in [1.29, 1.82) is 0 Å². The van der Waals surface area contributed by atoms with Crippen molar-refractivity contribution in [3.63, 3.8) is 0 Å². The number of sulfonamides is 1. The molecule has 1 aliphatic heterocycles. The van der Waals surface area contributed by atoms with Crippen LogP contribution in [0.3, 0.4) is 0 Å². The third-order valence-corrected chi connectivity index (χ3v) is 4.30. The van der Waals surface area contributed by atoms with E-state index in [1.54, 1.807) is 4.90 Å². The molecule has 1 saturated heterocycles. The summed E-state index contributed by atoms with van der Waals surface area (Å²) in [5.41, 5.74) is 0. The molecule has 1 atom stereocenters. The van der Waals surface area contributed by atoms with Crippen LogP contribution in [0.2, 0.25) is 0 Å². The van der Waals surface area contributed by atoms with E-state index >= 15 is 0 Å². The molecule has 6 nitrogen and oxygen atoms in total. The molecule has 0 aromatic rings. The van der Waals surface area contributed by atoms with Gasteiger partial charge in [0.1, 0.15) is 5.75 Å². The molecule has 0 aromatic heterocycles. The molecule has 1 N–H and O–H groups in total. The van der Waals surface area contributed by atoms with Gasteiger partial charge in [0.2, 0.25) is 15.9 Å². The number of nitrogens with one attached hydrogen (secondary N) is 1. The number of rotatable bonds is 6. The highest BCUT2D eigenvalue weighted by atomic mass is 32.2. The summed E-state index contributed by atoms with van der Waals surface area (Å²) >= 11 is 0. The maximum Gasteiger partial charge on any atom is 0.239 e. The molecule has 106 valence electrons. The van der Waals surface area contributed by atoms with Crippen molar-refractivity contribution >= 4 is 15.9 Å². The Morgan fingerprint density at radius 3 is 2.83 bits per heavy atom.